The lowest BCUT2D eigenvalue weighted by atomic mass is 9.81. The Balaban J connectivity index is 1.39. The first-order valence-corrected chi connectivity index (χ1v) is 9.81. The minimum atomic E-state index is -0.546. The Bertz CT molecular complexity index is 957. The van der Waals surface area contributed by atoms with Crippen molar-refractivity contribution in [3.05, 3.63) is 69.0 Å². The minimum Gasteiger partial charge on any atom is -0.341 e. The van der Waals surface area contributed by atoms with Crippen molar-refractivity contribution in [3.63, 3.8) is 0 Å². The first-order valence-electron chi connectivity index (χ1n) is 9.81. The second kappa shape index (κ2) is 7.39. The summed E-state index contributed by atoms with van der Waals surface area (Å²) in [4.78, 5) is 42.1. The molecule has 1 amide bonds. The number of nitrogens with one attached hydrogen (secondary N) is 1. The maximum absolute atomic E-state index is 12.6. The van der Waals surface area contributed by atoms with E-state index in [1.54, 1.807) is 0 Å². The molecule has 1 spiro atoms. The largest absolute Gasteiger partial charge is 0.341 e. The quantitative estimate of drug-likeness (QED) is 0.860. The van der Waals surface area contributed by atoms with Gasteiger partial charge in [0.1, 0.15) is 6.54 Å². The lowest BCUT2D eigenvalue weighted by Crippen LogP contribution is -2.52. The van der Waals surface area contributed by atoms with E-state index in [0.717, 1.165) is 25.8 Å². The molecular formula is C21H26N4O3. The third-order valence-electron chi connectivity index (χ3n) is 6.45. The number of rotatable bonds is 3. The SMILES string of the molecule is CN1C[C@H](c2ccccc2)CC12CCN(C(=O)Cn1ccc(=O)[nH]c1=O)CC2. The maximum atomic E-state index is 12.6. The van der Waals surface area contributed by atoms with Gasteiger partial charge in [-0.3, -0.25) is 24.0 Å². The Morgan fingerprint density at radius 3 is 2.54 bits per heavy atom. The Morgan fingerprint density at radius 1 is 1.14 bits per heavy atom. The van der Waals surface area contributed by atoms with Crippen LogP contribution in [0.15, 0.2) is 52.2 Å². The summed E-state index contributed by atoms with van der Waals surface area (Å²) in [6.07, 6.45) is 4.38. The topological polar surface area (TPSA) is 78.4 Å². The molecule has 148 valence electrons. The van der Waals surface area contributed by atoms with Crippen LogP contribution in [0.4, 0.5) is 0 Å². The fourth-order valence-corrected chi connectivity index (χ4v) is 4.72. The number of hydrogen-bond acceptors (Lipinski definition) is 4. The van der Waals surface area contributed by atoms with Gasteiger partial charge >= 0.3 is 5.69 Å². The molecule has 0 unspecified atom stereocenters. The number of benzene rings is 1. The molecule has 4 rings (SSSR count). The number of nitrogens with zero attached hydrogens (tertiary/aromatic N) is 3. The molecule has 1 aromatic carbocycles. The zero-order chi connectivity index (χ0) is 19.7. The van der Waals surface area contributed by atoms with Crippen LogP contribution in [0.3, 0.4) is 0 Å². The Morgan fingerprint density at radius 2 is 1.86 bits per heavy atom. The lowest BCUT2D eigenvalue weighted by molar-refractivity contribution is -0.134. The molecule has 0 radical (unpaired) electrons. The van der Waals surface area contributed by atoms with Crippen molar-refractivity contribution in [1.82, 2.24) is 19.4 Å². The van der Waals surface area contributed by atoms with Crippen molar-refractivity contribution < 1.29 is 4.79 Å². The molecule has 28 heavy (non-hydrogen) atoms. The van der Waals surface area contributed by atoms with Crippen LogP contribution in [-0.2, 0) is 11.3 Å². The van der Waals surface area contributed by atoms with Gasteiger partial charge < -0.3 is 4.90 Å². The molecule has 2 aliphatic heterocycles. The highest BCUT2D eigenvalue weighted by molar-refractivity contribution is 5.76. The summed E-state index contributed by atoms with van der Waals surface area (Å²) in [5.41, 5.74) is 0.537. The van der Waals surface area contributed by atoms with Crippen LogP contribution in [0.2, 0.25) is 0 Å². The third kappa shape index (κ3) is 3.54. The normalized spacial score (nSPS) is 21.9. The van der Waals surface area contributed by atoms with Crippen molar-refractivity contribution in [3.8, 4) is 0 Å². The van der Waals surface area contributed by atoms with Gasteiger partial charge in [-0.05, 0) is 37.8 Å². The van der Waals surface area contributed by atoms with Crippen LogP contribution in [0.5, 0.6) is 0 Å². The number of hydrogen-bond donors (Lipinski definition) is 1. The van der Waals surface area contributed by atoms with E-state index in [2.05, 4.69) is 47.3 Å². The summed E-state index contributed by atoms with van der Waals surface area (Å²) in [5.74, 6) is 0.456. The van der Waals surface area contributed by atoms with Gasteiger partial charge in [-0.25, -0.2) is 4.79 Å². The van der Waals surface area contributed by atoms with Gasteiger partial charge in [0.25, 0.3) is 5.56 Å². The van der Waals surface area contributed by atoms with Crippen LogP contribution in [0.25, 0.3) is 0 Å². The van der Waals surface area contributed by atoms with Crippen molar-refractivity contribution in [2.45, 2.75) is 37.3 Å². The average molecular weight is 382 g/mol. The van der Waals surface area contributed by atoms with Crippen LogP contribution in [0.1, 0.15) is 30.7 Å². The molecule has 3 heterocycles. The summed E-state index contributed by atoms with van der Waals surface area (Å²) < 4.78 is 1.25. The van der Waals surface area contributed by atoms with Crippen LogP contribution < -0.4 is 11.2 Å². The molecule has 2 aliphatic rings. The van der Waals surface area contributed by atoms with Gasteiger partial charge in [-0.2, -0.15) is 0 Å². The molecular weight excluding hydrogens is 356 g/mol. The van der Waals surface area contributed by atoms with Crippen molar-refractivity contribution in [2.24, 2.45) is 0 Å². The number of aromatic amines is 1. The number of aromatic nitrogens is 2. The first kappa shape index (κ1) is 18.7. The summed E-state index contributed by atoms with van der Waals surface area (Å²) in [7, 11) is 2.19. The van der Waals surface area contributed by atoms with E-state index in [-0.39, 0.29) is 18.0 Å². The highest BCUT2D eigenvalue weighted by Gasteiger charge is 2.46. The predicted octanol–water partition coefficient (Wildman–Crippen LogP) is 1.02. The zero-order valence-corrected chi connectivity index (χ0v) is 16.1. The van der Waals surface area contributed by atoms with Crippen LogP contribution in [-0.4, -0.2) is 57.5 Å². The summed E-state index contributed by atoms with van der Waals surface area (Å²) in [6, 6.07) is 11.9. The fourth-order valence-electron chi connectivity index (χ4n) is 4.72. The van der Waals surface area contributed by atoms with E-state index in [1.807, 2.05) is 4.90 Å². The van der Waals surface area contributed by atoms with Gasteiger partial charge in [0.15, 0.2) is 0 Å². The van der Waals surface area contributed by atoms with E-state index in [1.165, 1.54) is 22.4 Å². The molecule has 2 fully saturated rings. The molecule has 1 N–H and O–H groups in total. The molecule has 7 nitrogen and oxygen atoms in total. The van der Waals surface area contributed by atoms with Gasteiger partial charge in [-0.1, -0.05) is 30.3 Å². The third-order valence-corrected chi connectivity index (χ3v) is 6.45. The van der Waals surface area contributed by atoms with Crippen molar-refractivity contribution >= 4 is 5.91 Å². The first-order chi connectivity index (χ1) is 13.5. The number of likely N-dealkylation sites (tertiary alicyclic amines) is 2. The molecule has 0 bridgehead atoms. The molecule has 7 heteroatoms. The minimum absolute atomic E-state index is 0.0366. The van der Waals surface area contributed by atoms with Gasteiger partial charge in [0.2, 0.25) is 5.91 Å². The predicted molar refractivity (Wildman–Crippen MR) is 106 cm³/mol. The monoisotopic (exact) mass is 382 g/mol. The number of likely N-dealkylation sites (N-methyl/N-ethyl adjacent to an activating group) is 1. The van der Waals surface area contributed by atoms with E-state index >= 15 is 0 Å². The second-order valence-electron chi connectivity index (χ2n) is 8.04. The average Bonchev–Trinajstić information content (AvgIpc) is 3.01. The second-order valence-corrected chi connectivity index (χ2v) is 8.04. The number of carbonyl (C=O) groups excluding carboxylic acids is 1. The number of piperidine rings is 1. The maximum Gasteiger partial charge on any atom is 0.328 e. The smallest absolute Gasteiger partial charge is 0.328 e. The van der Waals surface area contributed by atoms with E-state index in [0.29, 0.717) is 19.0 Å². The van der Waals surface area contributed by atoms with E-state index in [4.69, 9.17) is 0 Å². The van der Waals surface area contributed by atoms with Crippen molar-refractivity contribution in [2.75, 3.05) is 26.7 Å². The summed E-state index contributed by atoms with van der Waals surface area (Å²) in [6.45, 7) is 2.40. The Kier molecular flexibility index (Phi) is 4.93. The van der Waals surface area contributed by atoms with Gasteiger partial charge in [0.05, 0.1) is 0 Å². The molecule has 0 saturated carbocycles. The molecule has 2 aromatic rings. The van der Waals surface area contributed by atoms with Crippen LogP contribution >= 0.6 is 0 Å². The molecule has 1 aromatic heterocycles. The van der Waals surface area contributed by atoms with E-state index < -0.39 is 11.2 Å². The molecule has 2 saturated heterocycles. The zero-order valence-electron chi connectivity index (χ0n) is 16.1. The van der Waals surface area contributed by atoms with E-state index in [9.17, 15) is 14.4 Å². The Labute approximate surface area is 163 Å². The highest BCUT2D eigenvalue weighted by Crippen LogP contribution is 2.43. The lowest BCUT2D eigenvalue weighted by Gasteiger charge is -2.43. The number of H-pyrrole nitrogens is 1. The number of amides is 1. The van der Waals surface area contributed by atoms with Gasteiger partial charge in [-0.15, -0.1) is 0 Å². The summed E-state index contributed by atoms with van der Waals surface area (Å²) in [5, 5.41) is 0. The fraction of sp³-hybridized carbons (Fsp3) is 0.476. The van der Waals surface area contributed by atoms with Gasteiger partial charge in [0, 0.05) is 37.4 Å². The standard InChI is InChI=1S/C21H26N4O3/c1-23-14-17(16-5-3-2-4-6-16)13-21(23)8-11-24(12-9-21)19(27)15-25-10-7-18(26)22-20(25)28/h2-7,10,17H,8-9,11-15H2,1H3,(H,22,26,28)/t17-/m1/s1. The summed E-state index contributed by atoms with van der Waals surface area (Å²) >= 11 is 0. The highest BCUT2D eigenvalue weighted by atomic mass is 16.2. The molecule has 1 atom stereocenters. The Hall–Kier alpha value is -2.67. The van der Waals surface area contributed by atoms with Crippen molar-refractivity contribution in [1.29, 1.82) is 0 Å². The van der Waals surface area contributed by atoms with Crippen LogP contribution in [0, 0.1) is 0 Å². The molecule has 0 aliphatic carbocycles. The number of carbonyl (C=O) groups is 1.